The lowest BCUT2D eigenvalue weighted by Crippen LogP contribution is -1.96. The van der Waals surface area contributed by atoms with Crippen molar-refractivity contribution in [3.8, 4) is 6.07 Å². The van der Waals surface area contributed by atoms with Crippen LogP contribution in [0.2, 0.25) is 0 Å². The van der Waals surface area contributed by atoms with Crippen molar-refractivity contribution in [1.29, 1.82) is 5.26 Å². The predicted molar refractivity (Wildman–Crippen MR) is 58.7 cm³/mol. The Bertz CT molecular complexity index is 512. The molecule has 1 aromatic carbocycles. The molecule has 0 bridgehead atoms. The zero-order valence-corrected chi connectivity index (χ0v) is 8.28. The number of rotatable bonds is 2. The number of aromatic nitrogens is 2. The average molecular weight is 198 g/mol. The molecule has 74 valence electrons. The van der Waals surface area contributed by atoms with Crippen LogP contribution in [0.15, 0.2) is 30.5 Å². The summed E-state index contributed by atoms with van der Waals surface area (Å²) in [5, 5.41) is 11.7. The molecule has 2 rings (SSSR count). The Morgan fingerprint density at radius 1 is 1.53 bits per heavy atom. The number of allylic oxidation sites excluding steroid dienone is 1. The lowest BCUT2D eigenvalue weighted by Gasteiger charge is -1.91. The van der Waals surface area contributed by atoms with Gasteiger partial charge in [-0.25, -0.2) is 4.98 Å². The van der Waals surface area contributed by atoms with Crippen molar-refractivity contribution >= 4 is 16.6 Å². The van der Waals surface area contributed by atoms with Gasteiger partial charge in [-0.1, -0.05) is 12.1 Å². The summed E-state index contributed by atoms with van der Waals surface area (Å²) in [6.45, 7) is 0. The van der Waals surface area contributed by atoms with Crippen molar-refractivity contribution in [1.82, 2.24) is 15.3 Å². The molecule has 0 radical (unpaired) electrons. The lowest BCUT2D eigenvalue weighted by atomic mass is 10.3. The van der Waals surface area contributed by atoms with Crippen molar-refractivity contribution in [3.63, 3.8) is 0 Å². The minimum atomic E-state index is 0.494. The summed E-state index contributed by atoms with van der Waals surface area (Å²) in [5.41, 5.74) is 2.29. The molecule has 2 N–H and O–H groups in total. The fourth-order valence-corrected chi connectivity index (χ4v) is 1.38. The highest BCUT2D eigenvalue weighted by atomic mass is 14.9. The van der Waals surface area contributed by atoms with E-state index in [4.69, 9.17) is 5.26 Å². The molecule has 1 heterocycles. The van der Waals surface area contributed by atoms with Gasteiger partial charge in [0.25, 0.3) is 0 Å². The van der Waals surface area contributed by atoms with E-state index in [9.17, 15) is 0 Å². The summed E-state index contributed by atoms with van der Waals surface area (Å²) >= 11 is 0. The van der Waals surface area contributed by atoms with Gasteiger partial charge in [0.1, 0.15) is 11.6 Å². The molecule has 0 atom stereocenters. The van der Waals surface area contributed by atoms with Gasteiger partial charge in [0, 0.05) is 13.2 Å². The maximum absolute atomic E-state index is 8.92. The molecule has 0 fully saturated rings. The molecular formula is C11H10N4. The second kappa shape index (κ2) is 3.84. The van der Waals surface area contributed by atoms with Gasteiger partial charge >= 0.3 is 0 Å². The molecule has 0 saturated heterocycles. The topological polar surface area (TPSA) is 64.5 Å². The minimum Gasteiger partial charge on any atom is -0.393 e. The van der Waals surface area contributed by atoms with Crippen LogP contribution in [0.3, 0.4) is 0 Å². The van der Waals surface area contributed by atoms with Crippen molar-refractivity contribution in [2.75, 3.05) is 7.05 Å². The number of para-hydroxylation sites is 2. The second-order valence-electron chi connectivity index (χ2n) is 3.06. The number of imidazole rings is 1. The summed E-state index contributed by atoms with van der Waals surface area (Å²) in [6, 6.07) is 9.77. The minimum absolute atomic E-state index is 0.494. The highest BCUT2D eigenvalue weighted by Crippen LogP contribution is 2.15. The predicted octanol–water partition coefficient (Wildman–Crippen LogP) is 1.65. The number of hydrogen-bond acceptors (Lipinski definition) is 3. The van der Waals surface area contributed by atoms with E-state index in [0.717, 1.165) is 11.0 Å². The van der Waals surface area contributed by atoms with Crippen LogP contribution in [-0.2, 0) is 0 Å². The molecule has 4 nitrogen and oxygen atoms in total. The number of aromatic amines is 1. The van der Waals surface area contributed by atoms with Gasteiger partial charge in [0.05, 0.1) is 11.0 Å². The van der Waals surface area contributed by atoms with E-state index >= 15 is 0 Å². The molecule has 0 saturated carbocycles. The van der Waals surface area contributed by atoms with Gasteiger partial charge in [-0.05, 0) is 12.1 Å². The Balaban J connectivity index is 2.54. The summed E-state index contributed by atoms with van der Waals surface area (Å²) in [6.07, 6.45) is 1.62. The molecule has 15 heavy (non-hydrogen) atoms. The van der Waals surface area contributed by atoms with Gasteiger partial charge in [-0.15, -0.1) is 0 Å². The summed E-state index contributed by atoms with van der Waals surface area (Å²) < 4.78 is 0. The highest BCUT2D eigenvalue weighted by Gasteiger charge is 2.06. The third-order valence-corrected chi connectivity index (χ3v) is 2.05. The number of nitrogens with zero attached hydrogens (tertiary/aromatic N) is 2. The first-order valence-corrected chi connectivity index (χ1v) is 4.58. The van der Waals surface area contributed by atoms with E-state index < -0.39 is 0 Å². The van der Waals surface area contributed by atoms with Gasteiger partial charge in [0.15, 0.2) is 5.82 Å². The van der Waals surface area contributed by atoms with Crippen molar-refractivity contribution in [3.05, 3.63) is 36.3 Å². The lowest BCUT2D eigenvalue weighted by molar-refractivity contribution is 1.10. The third kappa shape index (κ3) is 1.67. The normalized spacial score (nSPS) is 11.3. The van der Waals surface area contributed by atoms with Crippen LogP contribution < -0.4 is 5.32 Å². The Morgan fingerprint density at radius 3 is 3.00 bits per heavy atom. The van der Waals surface area contributed by atoms with E-state index in [2.05, 4.69) is 21.4 Å². The average Bonchev–Trinajstić information content (AvgIpc) is 2.69. The molecule has 0 aliphatic heterocycles. The van der Waals surface area contributed by atoms with Crippen LogP contribution in [0.25, 0.3) is 16.6 Å². The number of H-pyrrole nitrogens is 1. The Morgan fingerprint density at radius 2 is 2.33 bits per heavy atom. The number of nitrogens with one attached hydrogen (secondary N) is 2. The molecule has 0 unspecified atom stereocenters. The SMILES string of the molecule is CN/C=C(\C#N)c1nc2ccccc2[nH]1. The van der Waals surface area contributed by atoms with Crippen molar-refractivity contribution < 1.29 is 0 Å². The zero-order valence-electron chi connectivity index (χ0n) is 8.28. The summed E-state index contributed by atoms with van der Waals surface area (Å²) in [4.78, 5) is 7.41. The van der Waals surface area contributed by atoms with Gasteiger partial charge in [-0.2, -0.15) is 5.26 Å². The maximum atomic E-state index is 8.92. The van der Waals surface area contributed by atoms with E-state index in [0.29, 0.717) is 11.4 Å². The first-order valence-electron chi connectivity index (χ1n) is 4.58. The molecule has 0 spiro atoms. The van der Waals surface area contributed by atoms with Crippen molar-refractivity contribution in [2.45, 2.75) is 0 Å². The largest absolute Gasteiger partial charge is 0.393 e. The first-order chi connectivity index (χ1) is 7.35. The van der Waals surface area contributed by atoms with Crippen LogP contribution >= 0.6 is 0 Å². The van der Waals surface area contributed by atoms with Crippen LogP contribution in [-0.4, -0.2) is 17.0 Å². The number of fused-ring (bicyclic) bond motifs is 1. The quantitative estimate of drug-likeness (QED) is 0.721. The van der Waals surface area contributed by atoms with Crippen LogP contribution in [0.4, 0.5) is 0 Å². The number of hydrogen-bond donors (Lipinski definition) is 2. The van der Waals surface area contributed by atoms with Crippen LogP contribution in [0, 0.1) is 11.3 Å². The molecule has 1 aromatic heterocycles. The zero-order chi connectivity index (χ0) is 10.7. The molecule has 0 aliphatic rings. The maximum Gasteiger partial charge on any atom is 0.150 e. The Kier molecular flexibility index (Phi) is 2.38. The first kappa shape index (κ1) is 9.28. The highest BCUT2D eigenvalue weighted by molar-refractivity contribution is 5.81. The fraction of sp³-hybridized carbons (Fsp3) is 0.0909. The van der Waals surface area contributed by atoms with Gasteiger partial charge in [-0.3, -0.25) is 0 Å². The third-order valence-electron chi connectivity index (χ3n) is 2.05. The second-order valence-corrected chi connectivity index (χ2v) is 3.06. The van der Waals surface area contributed by atoms with E-state index in [1.54, 1.807) is 13.2 Å². The van der Waals surface area contributed by atoms with Gasteiger partial charge < -0.3 is 10.3 Å². The smallest absolute Gasteiger partial charge is 0.150 e. The number of nitriles is 1. The molecule has 0 amide bonds. The summed E-state index contributed by atoms with van der Waals surface area (Å²) in [5.74, 6) is 0.591. The van der Waals surface area contributed by atoms with Crippen LogP contribution in [0.1, 0.15) is 5.82 Å². The monoisotopic (exact) mass is 198 g/mol. The Hall–Kier alpha value is -2.28. The molecule has 4 heteroatoms. The van der Waals surface area contributed by atoms with E-state index in [1.165, 1.54) is 0 Å². The number of benzene rings is 1. The molecule has 2 aromatic rings. The van der Waals surface area contributed by atoms with E-state index in [-0.39, 0.29) is 0 Å². The standard InChI is InChI=1S/C11H10N4/c1-13-7-8(6-12)11-14-9-4-2-3-5-10(9)15-11/h2-5,7,13H,1H3,(H,14,15)/b8-7+. The summed E-state index contributed by atoms with van der Waals surface area (Å²) in [7, 11) is 1.75. The Labute approximate surface area is 87.3 Å². The van der Waals surface area contributed by atoms with Gasteiger partial charge in [0.2, 0.25) is 0 Å². The molecular weight excluding hydrogens is 188 g/mol. The van der Waals surface area contributed by atoms with Crippen LogP contribution in [0.5, 0.6) is 0 Å². The fourth-order valence-electron chi connectivity index (χ4n) is 1.38. The van der Waals surface area contributed by atoms with E-state index in [1.807, 2.05) is 24.3 Å². The molecule has 0 aliphatic carbocycles. The van der Waals surface area contributed by atoms with Crippen molar-refractivity contribution in [2.24, 2.45) is 0 Å².